The molecular weight excluding hydrogens is 194 g/mol. The molecule has 0 unspecified atom stereocenters. The van der Waals surface area contributed by atoms with Crippen molar-refractivity contribution in [3.8, 4) is 0 Å². The molecule has 0 rings (SSSR count). The van der Waals surface area contributed by atoms with Gasteiger partial charge in [0, 0.05) is 13.5 Å². The number of nitrogens with one attached hydrogen (secondary N) is 1. The quantitative estimate of drug-likeness (QED) is 0.682. The number of methoxy groups -OCH3 is 1. The standard InChI is InChI=1S/C11H23NO3/c1-10(2,14-6)7-8-15-9(13)11(3,4)12-5/h12H,7-8H2,1-6H3. The Labute approximate surface area is 92.3 Å². The molecule has 0 aliphatic heterocycles. The van der Waals surface area contributed by atoms with Crippen molar-refractivity contribution in [2.24, 2.45) is 0 Å². The van der Waals surface area contributed by atoms with Crippen LogP contribution in [0.25, 0.3) is 0 Å². The number of rotatable bonds is 6. The zero-order chi connectivity index (χ0) is 12.1. The molecule has 0 aromatic heterocycles. The maximum atomic E-state index is 11.5. The van der Waals surface area contributed by atoms with E-state index in [1.54, 1.807) is 28.0 Å². The van der Waals surface area contributed by atoms with Crippen LogP contribution in [0.1, 0.15) is 34.1 Å². The molecule has 0 bridgehead atoms. The summed E-state index contributed by atoms with van der Waals surface area (Å²) in [4.78, 5) is 11.5. The lowest BCUT2D eigenvalue weighted by Crippen LogP contribution is -2.46. The normalized spacial score (nSPS) is 12.7. The molecule has 0 saturated carbocycles. The summed E-state index contributed by atoms with van der Waals surface area (Å²) >= 11 is 0. The zero-order valence-corrected chi connectivity index (χ0v) is 10.6. The van der Waals surface area contributed by atoms with Crippen molar-refractivity contribution in [2.45, 2.75) is 45.3 Å². The van der Waals surface area contributed by atoms with Crippen molar-refractivity contribution in [2.75, 3.05) is 20.8 Å². The van der Waals surface area contributed by atoms with Gasteiger partial charge < -0.3 is 14.8 Å². The molecule has 15 heavy (non-hydrogen) atoms. The van der Waals surface area contributed by atoms with E-state index in [0.717, 1.165) is 0 Å². The Morgan fingerprint density at radius 2 is 1.80 bits per heavy atom. The largest absolute Gasteiger partial charge is 0.464 e. The molecule has 4 heteroatoms. The van der Waals surface area contributed by atoms with Gasteiger partial charge in [-0.2, -0.15) is 0 Å². The molecule has 0 aromatic carbocycles. The third-order valence-corrected chi connectivity index (χ3v) is 2.63. The van der Waals surface area contributed by atoms with Crippen LogP contribution in [0.2, 0.25) is 0 Å². The third-order valence-electron chi connectivity index (χ3n) is 2.63. The van der Waals surface area contributed by atoms with E-state index < -0.39 is 5.54 Å². The van der Waals surface area contributed by atoms with Crippen LogP contribution in [0, 0.1) is 0 Å². The van der Waals surface area contributed by atoms with Gasteiger partial charge in [0.1, 0.15) is 5.54 Å². The number of ether oxygens (including phenoxy) is 2. The van der Waals surface area contributed by atoms with Crippen LogP contribution >= 0.6 is 0 Å². The monoisotopic (exact) mass is 217 g/mol. The van der Waals surface area contributed by atoms with Gasteiger partial charge in [-0.25, -0.2) is 0 Å². The Hall–Kier alpha value is -0.610. The van der Waals surface area contributed by atoms with Gasteiger partial charge in [-0.1, -0.05) is 0 Å². The first kappa shape index (κ1) is 14.4. The van der Waals surface area contributed by atoms with Crippen molar-refractivity contribution in [1.82, 2.24) is 5.32 Å². The summed E-state index contributed by atoms with van der Waals surface area (Å²) < 4.78 is 10.4. The van der Waals surface area contributed by atoms with E-state index in [-0.39, 0.29) is 11.6 Å². The summed E-state index contributed by atoms with van der Waals surface area (Å²) in [6.07, 6.45) is 0.690. The lowest BCUT2D eigenvalue weighted by molar-refractivity contribution is -0.151. The van der Waals surface area contributed by atoms with Gasteiger partial charge in [0.15, 0.2) is 0 Å². The molecule has 90 valence electrons. The van der Waals surface area contributed by atoms with Crippen LogP contribution in [0.4, 0.5) is 0 Å². The van der Waals surface area contributed by atoms with E-state index in [2.05, 4.69) is 5.32 Å². The van der Waals surface area contributed by atoms with Gasteiger partial charge in [0.05, 0.1) is 12.2 Å². The molecule has 0 fully saturated rings. The summed E-state index contributed by atoms with van der Waals surface area (Å²) in [6, 6.07) is 0. The minimum atomic E-state index is -0.628. The van der Waals surface area contributed by atoms with Gasteiger partial charge in [-0.3, -0.25) is 4.79 Å². The molecule has 0 radical (unpaired) electrons. The first-order chi connectivity index (χ1) is 6.75. The van der Waals surface area contributed by atoms with Crippen LogP contribution in [-0.4, -0.2) is 37.9 Å². The number of carbonyl (C=O) groups excluding carboxylic acids is 1. The number of likely N-dealkylation sites (N-methyl/N-ethyl adjacent to an activating group) is 1. The van der Waals surface area contributed by atoms with Gasteiger partial charge in [-0.15, -0.1) is 0 Å². The third kappa shape index (κ3) is 5.14. The fourth-order valence-corrected chi connectivity index (χ4v) is 0.774. The van der Waals surface area contributed by atoms with Crippen LogP contribution in [0.3, 0.4) is 0 Å². The summed E-state index contributed by atoms with van der Waals surface area (Å²) in [5.41, 5.74) is -0.874. The maximum absolute atomic E-state index is 11.5. The van der Waals surface area contributed by atoms with Gasteiger partial charge >= 0.3 is 5.97 Å². The van der Waals surface area contributed by atoms with E-state index in [1.165, 1.54) is 0 Å². The molecule has 0 aliphatic carbocycles. The predicted octanol–water partition coefficient (Wildman–Crippen LogP) is 1.34. The van der Waals surface area contributed by atoms with Crippen LogP contribution in [-0.2, 0) is 14.3 Å². The Morgan fingerprint density at radius 1 is 1.27 bits per heavy atom. The molecule has 0 saturated heterocycles. The molecule has 0 aromatic rings. The molecule has 0 amide bonds. The fourth-order valence-electron chi connectivity index (χ4n) is 0.774. The average molecular weight is 217 g/mol. The smallest absolute Gasteiger partial charge is 0.325 e. The maximum Gasteiger partial charge on any atom is 0.325 e. The van der Waals surface area contributed by atoms with Gasteiger partial charge in [-0.05, 0) is 34.7 Å². The van der Waals surface area contributed by atoms with Crippen molar-refractivity contribution < 1.29 is 14.3 Å². The summed E-state index contributed by atoms with van der Waals surface area (Å²) in [5, 5.41) is 2.90. The van der Waals surface area contributed by atoms with E-state index in [1.807, 2.05) is 13.8 Å². The first-order valence-corrected chi connectivity index (χ1v) is 5.16. The summed E-state index contributed by atoms with van der Waals surface area (Å²) in [6.45, 7) is 7.88. The van der Waals surface area contributed by atoms with Gasteiger partial charge in [0.2, 0.25) is 0 Å². The Kier molecular flexibility index (Phi) is 5.24. The SMILES string of the molecule is CNC(C)(C)C(=O)OCCC(C)(C)OC. The van der Waals surface area contributed by atoms with Gasteiger partial charge in [0.25, 0.3) is 0 Å². The highest BCUT2D eigenvalue weighted by molar-refractivity contribution is 5.79. The van der Waals surface area contributed by atoms with Crippen molar-refractivity contribution >= 4 is 5.97 Å². The highest BCUT2D eigenvalue weighted by Gasteiger charge is 2.27. The van der Waals surface area contributed by atoms with E-state index in [0.29, 0.717) is 13.0 Å². The lowest BCUT2D eigenvalue weighted by atomic mass is 10.1. The van der Waals surface area contributed by atoms with Crippen LogP contribution < -0.4 is 5.32 Å². The predicted molar refractivity (Wildman–Crippen MR) is 59.8 cm³/mol. The molecule has 0 heterocycles. The molecule has 0 atom stereocenters. The topological polar surface area (TPSA) is 47.6 Å². The summed E-state index contributed by atoms with van der Waals surface area (Å²) in [5.74, 6) is -0.239. The second kappa shape index (κ2) is 5.47. The lowest BCUT2D eigenvalue weighted by Gasteiger charge is -2.25. The highest BCUT2D eigenvalue weighted by Crippen LogP contribution is 2.13. The van der Waals surface area contributed by atoms with E-state index >= 15 is 0 Å². The van der Waals surface area contributed by atoms with Crippen molar-refractivity contribution in [1.29, 1.82) is 0 Å². The second-order valence-corrected chi connectivity index (χ2v) is 4.72. The Balaban J connectivity index is 3.93. The average Bonchev–Trinajstić information content (AvgIpc) is 2.17. The van der Waals surface area contributed by atoms with E-state index in [4.69, 9.17) is 9.47 Å². The summed E-state index contributed by atoms with van der Waals surface area (Å²) in [7, 11) is 3.39. The van der Waals surface area contributed by atoms with Crippen LogP contribution in [0.15, 0.2) is 0 Å². The number of carbonyl (C=O) groups is 1. The Morgan fingerprint density at radius 3 is 2.20 bits per heavy atom. The Bertz CT molecular complexity index is 212. The molecule has 0 spiro atoms. The fraction of sp³-hybridized carbons (Fsp3) is 0.909. The minimum absolute atomic E-state index is 0.239. The molecular formula is C11H23NO3. The number of hydrogen-bond acceptors (Lipinski definition) is 4. The second-order valence-electron chi connectivity index (χ2n) is 4.72. The van der Waals surface area contributed by atoms with Crippen molar-refractivity contribution in [3.05, 3.63) is 0 Å². The van der Waals surface area contributed by atoms with Crippen LogP contribution in [0.5, 0.6) is 0 Å². The first-order valence-electron chi connectivity index (χ1n) is 5.16. The van der Waals surface area contributed by atoms with Crippen molar-refractivity contribution in [3.63, 3.8) is 0 Å². The number of hydrogen-bond donors (Lipinski definition) is 1. The molecule has 0 aliphatic rings. The van der Waals surface area contributed by atoms with E-state index in [9.17, 15) is 4.79 Å². The minimum Gasteiger partial charge on any atom is -0.464 e. The highest BCUT2D eigenvalue weighted by atomic mass is 16.5. The number of esters is 1. The molecule has 4 nitrogen and oxygen atoms in total. The molecule has 1 N–H and O–H groups in total. The zero-order valence-electron chi connectivity index (χ0n) is 10.6.